The molecule has 1 saturated heterocycles. The van der Waals surface area contributed by atoms with Crippen molar-refractivity contribution < 1.29 is 23.9 Å². The lowest BCUT2D eigenvalue weighted by molar-refractivity contribution is -0.150. The Morgan fingerprint density at radius 3 is 2.53 bits per heavy atom. The van der Waals surface area contributed by atoms with Crippen LogP contribution in [0.5, 0.6) is 0 Å². The number of nitrogens with one attached hydrogen (secondary N) is 1. The summed E-state index contributed by atoms with van der Waals surface area (Å²) >= 11 is 0. The third-order valence-corrected chi connectivity index (χ3v) is 6.68. The molecule has 0 bridgehead atoms. The highest BCUT2D eigenvalue weighted by atomic mass is 16.6. The number of nitrogens with zero attached hydrogens (tertiary/aromatic N) is 1. The number of carbonyl (C=O) groups excluding carboxylic acids is 3. The van der Waals surface area contributed by atoms with Crippen molar-refractivity contribution in [2.75, 3.05) is 32.8 Å². The van der Waals surface area contributed by atoms with Gasteiger partial charge in [-0.25, -0.2) is 4.79 Å². The van der Waals surface area contributed by atoms with E-state index in [1.165, 1.54) is 0 Å². The molecule has 7 heteroatoms. The molecule has 2 rings (SSSR count). The lowest BCUT2D eigenvalue weighted by atomic mass is 9.68. The maximum atomic E-state index is 12.6. The number of alkyl carbamates (subject to hydrolysis) is 1. The van der Waals surface area contributed by atoms with E-state index < -0.39 is 6.09 Å². The van der Waals surface area contributed by atoms with E-state index >= 15 is 0 Å². The average molecular weight is 425 g/mol. The molecular formula is C23H40N2O5. The maximum Gasteiger partial charge on any atom is 0.407 e. The number of rotatable bonds is 12. The molecule has 0 aromatic heterocycles. The van der Waals surface area contributed by atoms with Crippen molar-refractivity contribution in [1.29, 1.82) is 0 Å². The summed E-state index contributed by atoms with van der Waals surface area (Å²) in [6.45, 7) is 9.54. The van der Waals surface area contributed by atoms with Crippen molar-refractivity contribution in [3.8, 4) is 0 Å². The Kier molecular flexibility index (Phi) is 10.1. The topological polar surface area (TPSA) is 84.9 Å². The molecule has 0 unspecified atom stereocenters. The van der Waals surface area contributed by atoms with E-state index in [9.17, 15) is 14.4 Å². The Labute approximate surface area is 181 Å². The van der Waals surface area contributed by atoms with Crippen molar-refractivity contribution in [3.63, 3.8) is 0 Å². The van der Waals surface area contributed by atoms with Crippen LogP contribution in [0, 0.1) is 11.3 Å². The van der Waals surface area contributed by atoms with Crippen molar-refractivity contribution >= 4 is 17.8 Å². The number of cyclic esters (lactones) is 1. The summed E-state index contributed by atoms with van der Waals surface area (Å²) in [6, 6.07) is 0. The fourth-order valence-electron chi connectivity index (χ4n) is 4.80. The zero-order valence-electron chi connectivity index (χ0n) is 19.0. The summed E-state index contributed by atoms with van der Waals surface area (Å²) in [6.07, 6.45) is 7.38. The second-order valence-corrected chi connectivity index (χ2v) is 8.83. The van der Waals surface area contributed by atoms with Crippen molar-refractivity contribution in [1.82, 2.24) is 10.2 Å². The van der Waals surface area contributed by atoms with E-state index in [1.807, 2.05) is 0 Å². The average Bonchev–Trinajstić information content (AvgIpc) is 3.04. The molecule has 172 valence electrons. The minimum atomic E-state index is -0.545. The largest absolute Gasteiger partial charge is 0.462 e. The van der Waals surface area contributed by atoms with Gasteiger partial charge in [0.05, 0.1) is 18.6 Å². The molecule has 1 aliphatic heterocycles. The van der Waals surface area contributed by atoms with Crippen molar-refractivity contribution in [3.05, 3.63) is 0 Å². The van der Waals surface area contributed by atoms with Gasteiger partial charge in [0.1, 0.15) is 6.10 Å². The monoisotopic (exact) mass is 424 g/mol. The molecule has 1 amide bonds. The predicted octanol–water partition coefficient (Wildman–Crippen LogP) is 3.70. The summed E-state index contributed by atoms with van der Waals surface area (Å²) in [5.41, 5.74) is -0.293. The first-order valence-corrected chi connectivity index (χ1v) is 11.8. The van der Waals surface area contributed by atoms with E-state index in [4.69, 9.17) is 9.47 Å². The predicted molar refractivity (Wildman–Crippen MR) is 115 cm³/mol. The van der Waals surface area contributed by atoms with Crippen molar-refractivity contribution in [2.45, 2.75) is 84.7 Å². The molecule has 2 fully saturated rings. The van der Waals surface area contributed by atoms with Gasteiger partial charge in [-0.3, -0.25) is 9.59 Å². The number of ketones is 1. The maximum absolute atomic E-state index is 12.6. The molecule has 1 atom stereocenters. The third kappa shape index (κ3) is 7.25. The Hall–Kier alpha value is -1.63. The van der Waals surface area contributed by atoms with Crippen LogP contribution in [0.4, 0.5) is 4.79 Å². The molecule has 30 heavy (non-hydrogen) atoms. The van der Waals surface area contributed by atoms with Crippen LogP contribution in [-0.2, 0) is 19.1 Å². The van der Waals surface area contributed by atoms with Crippen LogP contribution < -0.4 is 5.32 Å². The van der Waals surface area contributed by atoms with Gasteiger partial charge in [0.25, 0.3) is 0 Å². The van der Waals surface area contributed by atoms with Gasteiger partial charge in [0.15, 0.2) is 5.78 Å². The smallest absolute Gasteiger partial charge is 0.407 e. The molecule has 7 nitrogen and oxygen atoms in total. The zero-order valence-corrected chi connectivity index (χ0v) is 19.0. The molecule has 0 aromatic rings. The standard InChI is InChI=1S/C23H40N2O5/c1-4-14-25(5-2)15-11-20-16-23(21(27)30-20)12-9-18(10-13-23)7-8-19(26)17-24-22(28)29-6-3/h18,20H,4-17H2,1-3H3,(H,24,28)/t18?,20-,23?/m0/s1. The highest BCUT2D eigenvalue weighted by Crippen LogP contribution is 2.48. The summed E-state index contributed by atoms with van der Waals surface area (Å²) in [4.78, 5) is 38.3. The molecule has 1 saturated carbocycles. The van der Waals surface area contributed by atoms with E-state index in [0.717, 1.165) is 71.0 Å². The molecule has 1 aliphatic carbocycles. The molecular weight excluding hydrogens is 384 g/mol. The first-order chi connectivity index (χ1) is 14.4. The minimum Gasteiger partial charge on any atom is -0.462 e. The SMILES string of the molecule is CCCN(CC)CC[C@H]1CC2(CCC(CCC(=O)CNC(=O)OCC)CC2)C(=O)O1. The fraction of sp³-hybridized carbons (Fsp3) is 0.870. The van der Waals surface area contributed by atoms with Crippen LogP contribution in [0.25, 0.3) is 0 Å². The lowest BCUT2D eigenvalue weighted by Crippen LogP contribution is -2.33. The Morgan fingerprint density at radius 2 is 1.90 bits per heavy atom. The normalized spacial score (nSPS) is 26.1. The number of Topliss-reactive ketones (excluding diaryl/α,β-unsaturated/α-hetero) is 1. The van der Waals surface area contributed by atoms with Gasteiger partial charge in [0.2, 0.25) is 0 Å². The van der Waals surface area contributed by atoms with Crippen LogP contribution in [0.2, 0.25) is 0 Å². The lowest BCUT2D eigenvalue weighted by Gasteiger charge is -2.34. The van der Waals surface area contributed by atoms with Crippen molar-refractivity contribution in [2.24, 2.45) is 11.3 Å². The summed E-state index contributed by atoms with van der Waals surface area (Å²) in [7, 11) is 0. The van der Waals surface area contributed by atoms with Gasteiger partial charge in [-0.2, -0.15) is 0 Å². The first-order valence-electron chi connectivity index (χ1n) is 11.8. The number of esters is 1. The first kappa shape index (κ1) is 24.6. The molecule has 1 spiro atoms. The van der Waals surface area contributed by atoms with E-state index in [-0.39, 0.29) is 29.8 Å². The Balaban J connectivity index is 1.69. The van der Waals surface area contributed by atoms with Gasteiger partial charge in [-0.15, -0.1) is 0 Å². The number of amides is 1. The quantitative estimate of drug-likeness (QED) is 0.481. The summed E-state index contributed by atoms with van der Waals surface area (Å²) < 4.78 is 10.5. The molecule has 0 radical (unpaired) electrons. The van der Waals surface area contributed by atoms with Gasteiger partial charge in [0, 0.05) is 19.4 Å². The van der Waals surface area contributed by atoms with Gasteiger partial charge in [-0.1, -0.05) is 13.8 Å². The summed E-state index contributed by atoms with van der Waals surface area (Å²) in [5, 5.41) is 2.48. The van der Waals surface area contributed by atoms with Crippen LogP contribution >= 0.6 is 0 Å². The van der Waals surface area contributed by atoms with Crippen LogP contribution in [0.3, 0.4) is 0 Å². The highest BCUT2D eigenvalue weighted by Gasteiger charge is 2.50. The van der Waals surface area contributed by atoms with E-state index in [0.29, 0.717) is 18.9 Å². The molecule has 0 aromatic carbocycles. The molecule has 1 N–H and O–H groups in total. The van der Waals surface area contributed by atoms with Gasteiger partial charge < -0.3 is 19.7 Å². The van der Waals surface area contributed by atoms with E-state index in [2.05, 4.69) is 24.1 Å². The fourth-order valence-corrected chi connectivity index (χ4v) is 4.80. The number of hydrogen-bond acceptors (Lipinski definition) is 6. The van der Waals surface area contributed by atoms with Crippen LogP contribution in [0.1, 0.15) is 78.6 Å². The molecule has 2 aliphatic rings. The number of carbonyl (C=O) groups is 3. The van der Waals surface area contributed by atoms with Gasteiger partial charge in [-0.05, 0) is 70.9 Å². The Bertz CT molecular complexity index is 572. The second kappa shape index (κ2) is 12.3. The number of ether oxygens (including phenoxy) is 2. The number of hydrogen-bond donors (Lipinski definition) is 1. The van der Waals surface area contributed by atoms with E-state index in [1.54, 1.807) is 6.92 Å². The Morgan fingerprint density at radius 1 is 1.17 bits per heavy atom. The summed E-state index contributed by atoms with van der Waals surface area (Å²) in [5.74, 6) is 0.490. The van der Waals surface area contributed by atoms with Crippen LogP contribution in [0.15, 0.2) is 0 Å². The zero-order chi connectivity index (χ0) is 22.0. The molecule has 1 heterocycles. The third-order valence-electron chi connectivity index (χ3n) is 6.68. The minimum absolute atomic E-state index is 0.000738. The van der Waals surface area contributed by atoms with Crippen LogP contribution in [-0.4, -0.2) is 61.6 Å². The highest BCUT2D eigenvalue weighted by molar-refractivity contribution is 5.84. The second-order valence-electron chi connectivity index (χ2n) is 8.83. The van der Waals surface area contributed by atoms with Gasteiger partial charge >= 0.3 is 12.1 Å².